The molecule has 2 nitrogen and oxygen atoms in total. The van der Waals surface area contributed by atoms with E-state index in [0.29, 0.717) is 11.3 Å². The molecule has 0 aliphatic carbocycles. The average Bonchev–Trinajstić information content (AvgIpc) is 2.39. The molecule has 19 heavy (non-hydrogen) atoms. The molecule has 2 heterocycles. The molecule has 0 saturated carbocycles. The van der Waals surface area contributed by atoms with Crippen molar-refractivity contribution >= 4 is 39.5 Å². The molecule has 1 aromatic rings. The number of halogens is 1. The van der Waals surface area contributed by atoms with Gasteiger partial charge in [-0.05, 0) is 41.0 Å². The molecule has 1 saturated heterocycles. The lowest BCUT2D eigenvalue weighted by Crippen LogP contribution is -2.43. The summed E-state index contributed by atoms with van der Waals surface area (Å²) in [5.74, 6) is 1.24. The van der Waals surface area contributed by atoms with Crippen molar-refractivity contribution in [1.82, 2.24) is 10.3 Å². The lowest BCUT2D eigenvalue weighted by molar-refractivity contribution is 0.553. The predicted molar refractivity (Wildman–Crippen MR) is 91.2 cm³/mol. The third-order valence-electron chi connectivity index (χ3n) is 3.61. The van der Waals surface area contributed by atoms with E-state index in [-0.39, 0.29) is 0 Å². The summed E-state index contributed by atoms with van der Waals surface area (Å²) in [6, 6.07) is 2.69. The van der Waals surface area contributed by atoms with Crippen molar-refractivity contribution in [3.8, 4) is 0 Å². The molecule has 0 amide bonds. The van der Waals surface area contributed by atoms with Gasteiger partial charge in [0.05, 0.1) is 0 Å². The van der Waals surface area contributed by atoms with Crippen LogP contribution < -0.4 is 5.32 Å². The summed E-state index contributed by atoms with van der Waals surface area (Å²) >= 11 is 7.74. The van der Waals surface area contributed by atoms with E-state index in [9.17, 15) is 0 Å². The van der Waals surface area contributed by atoms with E-state index in [0.717, 1.165) is 21.4 Å². The molecule has 1 aromatic heterocycles. The standard InChI is InChI=1S/C14H21BrN2S2/c1-9-10(2)19-14(8-18-9)13(16-3)5-11-4-12(15)7-17-6-11/h4,6-7,9-10,13-14,16H,5,8H2,1-3H3. The van der Waals surface area contributed by atoms with Gasteiger partial charge >= 0.3 is 0 Å². The van der Waals surface area contributed by atoms with Crippen LogP contribution in [0.2, 0.25) is 0 Å². The lowest BCUT2D eigenvalue weighted by Gasteiger charge is -2.35. The number of nitrogens with one attached hydrogen (secondary N) is 1. The minimum absolute atomic E-state index is 0.517. The highest BCUT2D eigenvalue weighted by molar-refractivity contribution is 9.10. The van der Waals surface area contributed by atoms with E-state index < -0.39 is 0 Å². The van der Waals surface area contributed by atoms with E-state index in [4.69, 9.17) is 0 Å². The van der Waals surface area contributed by atoms with Crippen LogP contribution in [-0.2, 0) is 6.42 Å². The summed E-state index contributed by atoms with van der Waals surface area (Å²) in [6.07, 6.45) is 4.86. The van der Waals surface area contributed by atoms with Crippen LogP contribution >= 0.6 is 39.5 Å². The van der Waals surface area contributed by atoms with Crippen LogP contribution in [0.1, 0.15) is 19.4 Å². The van der Waals surface area contributed by atoms with Crippen LogP contribution in [0.5, 0.6) is 0 Å². The van der Waals surface area contributed by atoms with Gasteiger partial charge in [0.1, 0.15) is 0 Å². The molecule has 1 fully saturated rings. The summed E-state index contributed by atoms with van der Waals surface area (Å²) < 4.78 is 1.06. The van der Waals surface area contributed by atoms with Crippen molar-refractivity contribution in [2.24, 2.45) is 0 Å². The topological polar surface area (TPSA) is 24.9 Å². The van der Waals surface area contributed by atoms with E-state index in [1.54, 1.807) is 0 Å². The Labute approximate surface area is 133 Å². The highest BCUT2D eigenvalue weighted by Crippen LogP contribution is 2.37. The molecule has 4 atom stereocenters. The van der Waals surface area contributed by atoms with Gasteiger partial charge in [0.2, 0.25) is 0 Å². The van der Waals surface area contributed by atoms with Gasteiger partial charge in [-0.25, -0.2) is 0 Å². The maximum atomic E-state index is 4.26. The van der Waals surface area contributed by atoms with Crippen molar-refractivity contribution in [2.75, 3.05) is 12.8 Å². The number of pyridine rings is 1. The van der Waals surface area contributed by atoms with Crippen LogP contribution in [0.3, 0.4) is 0 Å². The third kappa shape index (κ3) is 4.38. The fraction of sp³-hybridized carbons (Fsp3) is 0.643. The zero-order chi connectivity index (χ0) is 13.8. The van der Waals surface area contributed by atoms with Crippen LogP contribution in [0.4, 0.5) is 0 Å². The number of aromatic nitrogens is 1. The number of hydrogen-bond acceptors (Lipinski definition) is 4. The van der Waals surface area contributed by atoms with Gasteiger partial charge in [-0.3, -0.25) is 4.98 Å². The molecular formula is C14H21BrN2S2. The van der Waals surface area contributed by atoms with E-state index in [2.05, 4.69) is 76.7 Å². The molecule has 106 valence electrons. The summed E-state index contributed by atoms with van der Waals surface area (Å²) in [6.45, 7) is 4.69. The fourth-order valence-electron chi connectivity index (χ4n) is 2.26. The zero-order valence-corrected chi connectivity index (χ0v) is 14.8. The molecule has 5 heteroatoms. The van der Waals surface area contributed by atoms with E-state index in [1.807, 2.05) is 12.4 Å². The Morgan fingerprint density at radius 1 is 1.42 bits per heavy atom. The maximum Gasteiger partial charge on any atom is 0.0410 e. The first kappa shape index (κ1) is 15.7. The quantitative estimate of drug-likeness (QED) is 0.886. The number of rotatable bonds is 4. The van der Waals surface area contributed by atoms with E-state index >= 15 is 0 Å². The van der Waals surface area contributed by atoms with Gasteiger partial charge in [0.25, 0.3) is 0 Å². The minimum Gasteiger partial charge on any atom is -0.316 e. The number of thioether (sulfide) groups is 2. The second-order valence-electron chi connectivity index (χ2n) is 5.03. The second kappa shape index (κ2) is 7.34. The maximum absolute atomic E-state index is 4.26. The van der Waals surface area contributed by atoms with Crippen molar-refractivity contribution in [2.45, 2.75) is 42.1 Å². The van der Waals surface area contributed by atoms with Gasteiger partial charge in [0, 0.05) is 44.4 Å². The summed E-state index contributed by atoms with van der Waals surface area (Å²) in [4.78, 5) is 4.26. The molecule has 4 unspecified atom stereocenters. The highest BCUT2D eigenvalue weighted by atomic mass is 79.9. The second-order valence-corrected chi connectivity index (χ2v) is 8.98. The molecule has 1 N–H and O–H groups in total. The van der Waals surface area contributed by atoms with Crippen LogP contribution in [0.25, 0.3) is 0 Å². The minimum atomic E-state index is 0.517. The van der Waals surface area contributed by atoms with Gasteiger partial charge in [-0.1, -0.05) is 13.8 Å². The molecule has 0 aromatic carbocycles. The molecular weight excluding hydrogens is 340 g/mol. The molecule has 1 aliphatic heterocycles. The summed E-state index contributed by atoms with van der Waals surface area (Å²) in [5.41, 5.74) is 1.30. The third-order valence-corrected chi connectivity index (χ3v) is 7.60. The fourth-order valence-corrected chi connectivity index (χ4v) is 5.84. The monoisotopic (exact) mass is 360 g/mol. The number of nitrogens with zero attached hydrogens (tertiary/aromatic N) is 1. The first-order valence-electron chi connectivity index (χ1n) is 6.64. The van der Waals surface area contributed by atoms with E-state index in [1.165, 1.54) is 11.3 Å². The largest absolute Gasteiger partial charge is 0.316 e. The summed E-state index contributed by atoms with van der Waals surface area (Å²) in [7, 11) is 2.07. The predicted octanol–water partition coefficient (Wildman–Crippen LogP) is 3.60. The normalized spacial score (nSPS) is 29.2. The first-order valence-corrected chi connectivity index (χ1v) is 9.42. The molecule has 1 aliphatic rings. The highest BCUT2D eigenvalue weighted by Gasteiger charge is 2.30. The molecule has 0 radical (unpaired) electrons. The Balaban J connectivity index is 2.00. The van der Waals surface area contributed by atoms with Crippen LogP contribution in [-0.4, -0.2) is 39.6 Å². The Morgan fingerprint density at radius 3 is 2.84 bits per heavy atom. The zero-order valence-electron chi connectivity index (χ0n) is 11.6. The van der Waals surface area contributed by atoms with Crippen molar-refractivity contribution in [3.05, 3.63) is 28.5 Å². The van der Waals surface area contributed by atoms with Gasteiger partial charge in [0.15, 0.2) is 0 Å². The SMILES string of the molecule is CNC(Cc1cncc(Br)c1)C1CSC(C)C(C)S1. The number of likely N-dealkylation sites (N-methyl/N-ethyl adjacent to an activating group) is 1. The first-order chi connectivity index (χ1) is 9.10. The Morgan fingerprint density at radius 2 is 2.21 bits per heavy atom. The molecule has 2 rings (SSSR count). The lowest BCUT2D eigenvalue weighted by atomic mass is 10.1. The summed E-state index contributed by atoms with van der Waals surface area (Å²) in [5, 5.41) is 5.68. The van der Waals surface area contributed by atoms with Crippen LogP contribution in [0.15, 0.2) is 22.9 Å². The van der Waals surface area contributed by atoms with Crippen molar-refractivity contribution in [3.63, 3.8) is 0 Å². The molecule has 0 bridgehead atoms. The smallest absolute Gasteiger partial charge is 0.0410 e. The van der Waals surface area contributed by atoms with Gasteiger partial charge < -0.3 is 5.32 Å². The Hall–Kier alpha value is 0.290. The van der Waals surface area contributed by atoms with Crippen LogP contribution in [0, 0.1) is 0 Å². The Bertz CT molecular complexity index is 416. The van der Waals surface area contributed by atoms with Crippen molar-refractivity contribution in [1.29, 1.82) is 0 Å². The number of hydrogen-bond donors (Lipinski definition) is 1. The van der Waals surface area contributed by atoms with Crippen molar-refractivity contribution < 1.29 is 0 Å². The Kier molecular flexibility index (Phi) is 6.06. The average molecular weight is 361 g/mol. The van der Waals surface area contributed by atoms with Gasteiger partial charge in [-0.15, -0.1) is 0 Å². The van der Waals surface area contributed by atoms with Gasteiger partial charge in [-0.2, -0.15) is 23.5 Å². The molecule has 0 spiro atoms.